The molecule has 5 heteroatoms. The standard InChI is InChI=1S/C16H28O5/c1-6-7-8-9-11(17)13-14(21-16(4,5)20-13)12-10-18-15(2,3)19-12/h7-8,11-14,17H,6,9-10H2,1-5H3/b8-7-/t11-,12-,13-,14-/m1/s1. The predicted octanol–water partition coefficient (Wildman–Crippen LogP) is 2.38. The van der Waals surface area contributed by atoms with Crippen LogP contribution in [0.1, 0.15) is 47.5 Å². The van der Waals surface area contributed by atoms with Gasteiger partial charge in [-0.25, -0.2) is 0 Å². The molecule has 0 saturated carbocycles. The lowest BCUT2D eigenvalue weighted by molar-refractivity contribution is -0.175. The quantitative estimate of drug-likeness (QED) is 0.790. The van der Waals surface area contributed by atoms with E-state index >= 15 is 0 Å². The van der Waals surface area contributed by atoms with E-state index in [1.54, 1.807) is 0 Å². The minimum atomic E-state index is -0.721. The van der Waals surface area contributed by atoms with Gasteiger partial charge in [-0.3, -0.25) is 0 Å². The van der Waals surface area contributed by atoms with Gasteiger partial charge in [0.15, 0.2) is 11.6 Å². The highest BCUT2D eigenvalue weighted by Crippen LogP contribution is 2.37. The monoisotopic (exact) mass is 300 g/mol. The molecule has 21 heavy (non-hydrogen) atoms. The van der Waals surface area contributed by atoms with Crippen molar-refractivity contribution in [3.63, 3.8) is 0 Å². The molecular formula is C16H28O5. The van der Waals surface area contributed by atoms with Gasteiger partial charge >= 0.3 is 0 Å². The first-order valence-electron chi connectivity index (χ1n) is 7.74. The largest absolute Gasteiger partial charge is 0.390 e. The lowest BCUT2D eigenvalue weighted by Crippen LogP contribution is -2.43. The van der Waals surface area contributed by atoms with Crippen molar-refractivity contribution >= 4 is 0 Å². The van der Waals surface area contributed by atoms with Crippen LogP contribution in [0.5, 0.6) is 0 Å². The molecule has 2 saturated heterocycles. The average Bonchev–Trinajstić information content (AvgIpc) is 2.89. The summed E-state index contributed by atoms with van der Waals surface area (Å²) in [6, 6.07) is 0. The molecule has 0 unspecified atom stereocenters. The van der Waals surface area contributed by atoms with Crippen molar-refractivity contribution in [2.75, 3.05) is 6.61 Å². The lowest BCUT2D eigenvalue weighted by atomic mass is 10.0. The van der Waals surface area contributed by atoms with E-state index in [1.165, 1.54) is 0 Å². The zero-order chi connectivity index (χ0) is 15.7. The maximum Gasteiger partial charge on any atom is 0.164 e. The number of aliphatic hydroxyl groups excluding tert-OH is 1. The predicted molar refractivity (Wildman–Crippen MR) is 78.8 cm³/mol. The van der Waals surface area contributed by atoms with E-state index in [2.05, 4.69) is 6.92 Å². The van der Waals surface area contributed by atoms with E-state index in [1.807, 2.05) is 39.8 Å². The summed E-state index contributed by atoms with van der Waals surface area (Å²) in [6.07, 6.45) is 3.94. The van der Waals surface area contributed by atoms with Crippen molar-refractivity contribution in [3.8, 4) is 0 Å². The molecule has 2 aliphatic heterocycles. The first kappa shape index (κ1) is 16.9. The highest BCUT2D eigenvalue weighted by Gasteiger charge is 2.51. The average molecular weight is 300 g/mol. The van der Waals surface area contributed by atoms with Gasteiger partial charge in [-0.2, -0.15) is 0 Å². The first-order valence-corrected chi connectivity index (χ1v) is 7.74. The van der Waals surface area contributed by atoms with Gasteiger partial charge in [-0.1, -0.05) is 19.1 Å². The van der Waals surface area contributed by atoms with Crippen molar-refractivity contribution in [2.24, 2.45) is 0 Å². The molecule has 2 rings (SSSR count). The fraction of sp³-hybridized carbons (Fsp3) is 0.875. The Hall–Kier alpha value is -0.460. The van der Waals surface area contributed by atoms with Gasteiger partial charge in [-0.05, 0) is 40.5 Å². The summed E-state index contributed by atoms with van der Waals surface area (Å²) in [5.41, 5.74) is 0. The zero-order valence-corrected chi connectivity index (χ0v) is 13.7. The second kappa shape index (κ2) is 6.34. The third-order valence-corrected chi connectivity index (χ3v) is 3.72. The second-order valence-electron chi connectivity index (χ2n) is 6.61. The van der Waals surface area contributed by atoms with Crippen LogP contribution < -0.4 is 0 Å². The van der Waals surface area contributed by atoms with Gasteiger partial charge in [-0.15, -0.1) is 0 Å². The molecule has 4 atom stereocenters. The van der Waals surface area contributed by atoms with Crippen LogP contribution in [0.2, 0.25) is 0 Å². The molecular weight excluding hydrogens is 272 g/mol. The molecule has 0 radical (unpaired) electrons. The van der Waals surface area contributed by atoms with E-state index in [4.69, 9.17) is 18.9 Å². The normalized spacial score (nSPS) is 36.4. The topological polar surface area (TPSA) is 57.2 Å². The maximum atomic E-state index is 10.4. The highest BCUT2D eigenvalue weighted by molar-refractivity contribution is 4.96. The molecule has 0 aromatic carbocycles. The number of ether oxygens (including phenoxy) is 4. The summed E-state index contributed by atoms with van der Waals surface area (Å²) in [5.74, 6) is -1.33. The van der Waals surface area contributed by atoms with Crippen molar-refractivity contribution in [3.05, 3.63) is 12.2 Å². The summed E-state index contributed by atoms with van der Waals surface area (Å²) >= 11 is 0. The van der Waals surface area contributed by atoms with Gasteiger partial charge in [0, 0.05) is 0 Å². The van der Waals surface area contributed by atoms with Crippen molar-refractivity contribution in [2.45, 2.75) is 83.5 Å². The molecule has 2 fully saturated rings. The van der Waals surface area contributed by atoms with Crippen LogP contribution in [0.15, 0.2) is 12.2 Å². The Morgan fingerprint density at radius 1 is 1.10 bits per heavy atom. The summed E-state index contributed by atoms with van der Waals surface area (Å²) in [4.78, 5) is 0. The first-order chi connectivity index (χ1) is 9.74. The molecule has 5 nitrogen and oxygen atoms in total. The second-order valence-corrected chi connectivity index (χ2v) is 6.61. The van der Waals surface area contributed by atoms with Crippen molar-refractivity contribution < 1.29 is 24.1 Å². The van der Waals surface area contributed by atoms with Crippen LogP contribution in [0, 0.1) is 0 Å². The summed E-state index contributed by atoms with van der Waals surface area (Å²) in [7, 11) is 0. The van der Waals surface area contributed by atoms with Crippen LogP contribution in [-0.4, -0.2) is 47.7 Å². The summed E-state index contributed by atoms with van der Waals surface area (Å²) in [6.45, 7) is 9.98. The van der Waals surface area contributed by atoms with E-state index in [9.17, 15) is 5.11 Å². The van der Waals surface area contributed by atoms with E-state index < -0.39 is 23.8 Å². The molecule has 2 aliphatic rings. The lowest BCUT2D eigenvalue weighted by Gasteiger charge is -2.26. The number of hydrogen-bond donors (Lipinski definition) is 1. The smallest absolute Gasteiger partial charge is 0.164 e. The Morgan fingerprint density at radius 3 is 2.38 bits per heavy atom. The fourth-order valence-corrected chi connectivity index (χ4v) is 2.82. The van der Waals surface area contributed by atoms with E-state index in [0.29, 0.717) is 13.0 Å². The van der Waals surface area contributed by atoms with Gasteiger partial charge in [0.25, 0.3) is 0 Å². The van der Waals surface area contributed by atoms with Gasteiger partial charge in [0.1, 0.15) is 18.3 Å². The van der Waals surface area contributed by atoms with Crippen molar-refractivity contribution in [1.82, 2.24) is 0 Å². The van der Waals surface area contributed by atoms with Crippen LogP contribution in [0.25, 0.3) is 0 Å². The third kappa shape index (κ3) is 4.27. The molecule has 0 aliphatic carbocycles. The number of rotatable bonds is 5. The number of allylic oxidation sites excluding steroid dienone is 1. The van der Waals surface area contributed by atoms with Crippen molar-refractivity contribution in [1.29, 1.82) is 0 Å². The number of aliphatic hydroxyl groups is 1. The Morgan fingerprint density at radius 2 is 1.81 bits per heavy atom. The molecule has 122 valence electrons. The van der Waals surface area contributed by atoms with Crippen LogP contribution in [0.3, 0.4) is 0 Å². The van der Waals surface area contributed by atoms with E-state index in [-0.39, 0.29) is 12.2 Å². The minimum Gasteiger partial charge on any atom is -0.390 e. The molecule has 0 aromatic heterocycles. The van der Waals surface area contributed by atoms with Gasteiger partial charge in [0.2, 0.25) is 0 Å². The Kier molecular flexibility index (Phi) is 5.11. The van der Waals surface area contributed by atoms with Crippen LogP contribution in [-0.2, 0) is 18.9 Å². The van der Waals surface area contributed by atoms with Crippen LogP contribution >= 0.6 is 0 Å². The molecule has 0 bridgehead atoms. The molecule has 0 spiro atoms. The molecule has 0 aromatic rings. The van der Waals surface area contributed by atoms with Gasteiger partial charge in [0.05, 0.1) is 12.7 Å². The van der Waals surface area contributed by atoms with E-state index in [0.717, 1.165) is 6.42 Å². The summed E-state index contributed by atoms with van der Waals surface area (Å²) < 4.78 is 23.3. The minimum absolute atomic E-state index is 0.225. The zero-order valence-electron chi connectivity index (χ0n) is 13.7. The van der Waals surface area contributed by atoms with Gasteiger partial charge < -0.3 is 24.1 Å². The Balaban J connectivity index is 2.05. The Bertz CT molecular complexity index is 377. The highest BCUT2D eigenvalue weighted by atomic mass is 16.8. The third-order valence-electron chi connectivity index (χ3n) is 3.72. The number of hydrogen-bond acceptors (Lipinski definition) is 5. The van der Waals surface area contributed by atoms with Crippen LogP contribution in [0.4, 0.5) is 0 Å². The summed E-state index contributed by atoms with van der Waals surface area (Å²) in [5, 5.41) is 10.4. The SMILES string of the molecule is CC/C=C\C[C@@H](O)[C@H]1OC(C)(C)O[C@@H]1[C@H]1COC(C)(C)O1. The molecule has 0 amide bonds. The Labute approximate surface area is 127 Å². The maximum absolute atomic E-state index is 10.4. The molecule has 1 N–H and O–H groups in total. The fourth-order valence-electron chi connectivity index (χ4n) is 2.82. The molecule has 2 heterocycles.